The second-order valence-electron chi connectivity index (χ2n) is 4.79. The van der Waals surface area contributed by atoms with E-state index < -0.39 is 16.0 Å². The van der Waals surface area contributed by atoms with Gasteiger partial charge >= 0.3 is 5.97 Å². The van der Waals surface area contributed by atoms with Crippen LogP contribution < -0.4 is 5.73 Å². The van der Waals surface area contributed by atoms with Crippen molar-refractivity contribution in [3.05, 3.63) is 29.3 Å². The van der Waals surface area contributed by atoms with Crippen LogP contribution in [0, 0.1) is 0 Å². The summed E-state index contributed by atoms with van der Waals surface area (Å²) in [4.78, 5) is 11.0. The monoisotopic (exact) mass is 298 g/mol. The lowest BCUT2D eigenvalue weighted by molar-refractivity contribution is -0.140. The number of fused-ring (bicyclic) bond motifs is 1. The SMILES string of the molecule is COC(=O)CCCS(=O)(=O)N1Cc2ccc(N)cc2C1. The second kappa shape index (κ2) is 5.80. The van der Waals surface area contributed by atoms with Gasteiger partial charge in [0.05, 0.1) is 12.9 Å². The Labute approximate surface area is 118 Å². The van der Waals surface area contributed by atoms with Crippen molar-refractivity contribution < 1.29 is 17.9 Å². The minimum atomic E-state index is -3.36. The Hall–Kier alpha value is -1.60. The van der Waals surface area contributed by atoms with Crippen molar-refractivity contribution in [2.75, 3.05) is 18.6 Å². The summed E-state index contributed by atoms with van der Waals surface area (Å²) in [5.74, 6) is -0.441. The molecule has 0 saturated carbocycles. The van der Waals surface area contributed by atoms with Crippen molar-refractivity contribution in [3.63, 3.8) is 0 Å². The topological polar surface area (TPSA) is 89.7 Å². The maximum atomic E-state index is 12.2. The minimum Gasteiger partial charge on any atom is -0.469 e. The van der Waals surface area contributed by atoms with Crippen molar-refractivity contribution in [2.45, 2.75) is 25.9 Å². The highest BCUT2D eigenvalue weighted by Gasteiger charge is 2.28. The molecule has 1 aromatic rings. The number of esters is 1. The zero-order valence-corrected chi connectivity index (χ0v) is 12.1. The van der Waals surface area contributed by atoms with Gasteiger partial charge in [-0.2, -0.15) is 4.31 Å². The number of benzene rings is 1. The van der Waals surface area contributed by atoms with Crippen LogP contribution in [0.1, 0.15) is 24.0 Å². The van der Waals surface area contributed by atoms with E-state index in [-0.39, 0.29) is 18.6 Å². The molecule has 20 heavy (non-hydrogen) atoms. The number of carbonyl (C=O) groups excluding carboxylic acids is 1. The first-order valence-corrected chi connectivity index (χ1v) is 7.95. The normalized spacial score (nSPS) is 15.1. The number of carbonyl (C=O) groups is 1. The van der Waals surface area contributed by atoms with Crippen LogP contribution in [0.4, 0.5) is 5.69 Å². The molecule has 1 aliphatic heterocycles. The first kappa shape index (κ1) is 14.8. The van der Waals surface area contributed by atoms with Crippen molar-refractivity contribution in [3.8, 4) is 0 Å². The van der Waals surface area contributed by atoms with Gasteiger partial charge < -0.3 is 10.5 Å². The fourth-order valence-electron chi connectivity index (χ4n) is 2.21. The van der Waals surface area contributed by atoms with Crippen LogP contribution in [0.25, 0.3) is 0 Å². The van der Waals surface area contributed by atoms with E-state index in [1.165, 1.54) is 11.4 Å². The quantitative estimate of drug-likeness (QED) is 0.643. The van der Waals surface area contributed by atoms with Gasteiger partial charge in [-0.25, -0.2) is 8.42 Å². The molecular formula is C13H18N2O4S. The standard InChI is InChI=1S/C13H18N2O4S/c1-19-13(16)3-2-6-20(17,18)15-8-10-4-5-12(14)7-11(10)9-15/h4-5,7H,2-3,6,8-9,14H2,1H3. The van der Waals surface area contributed by atoms with Gasteiger partial charge in [-0.05, 0) is 29.7 Å². The summed E-state index contributed by atoms with van der Waals surface area (Å²) in [5, 5.41) is 0. The highest BCUT2D eigenvalue weighted by molar-refractivity contribution is 7.89. The molecule has 6 nitrogen and oxygen atoms in total. The largest absolute Gasteiger partial charge is 0.469 e. The predicted molar refractivity (Wildman–Crippen MR) is 75.1 cm³/mol. The van der Waals surface area contributed by atoms with Crippen LogP contribution in [-0.2, 0) is 32.6 Å². The summed E-state index contributed by atoms with van der Waals surface area (Å²) in [6.07, 6.45) is 0.382. The van der Waals surface area contributed by atoms with Crippen molar-refractivity contribution >= 4 is 21.7 Å². The number of nitrogens with zero attached hydrogens (tertiary/aromatic N) is 1. The Kier molecular flexibility index (Phi) is 4.29. The van der Waals surface area contributed by atoms with Gasteiger partial charge in [-0.15, -0.1) is 0 Å². The molecule has 0 saturated heterocycles. The lowest BCUT2D eigenvalue weighted by Gasteiger charge is -2.15. The molecule has 1 aromatic carbocycles. The van der Waals surface area contributed by atoms with Crippen molar-refractivity contribution in [2.24, 2.45) is 0 Å². The Morgan fingerprint density at radius 1 is 1.35 bits per heavy atom. The fourth-order valence-corrected chi connectivity index (χ4v) is 3.65. The third kappa shape index (κ3) is 3.29. The molecule has 0 aliphatic carbocycles. The lowest BCUT2D eigenvalue weighted by Crippen LogP contribution is -2.28. The highest BCUT2D eigenvalue weighted by atomic mass is 32.2. The molecule has 0 spiro atoms. The number of sulfonamides is 1. The maximum Gasteiger partial charge on any atom is 0.305 e. The van der Waals surface area contributed by atoms with E-state index in [2.05, 4.69) is 4.74 Å². The Balaban J connectivity index is 1.97. The van der Waals surface area contributed by atoms with Crippen LogP contribution in [0.2, 0.25) is 0 Å². The van der Waals surface area contributed by atoms with E-state index in [9.17, 15) is 13.2 Å². The maximum absolute atomic E-state index is 12.2. The molecule has 0 atom stereocenters. The molecule has 0 fully saturated rings. The molecule has 0 aromatic heterocycles. The number of nitrogens with two attached hydrogens (primary N) is 1. The fraction of sp³-hybridized carbons (Fsp3) is 0.462. The smallest absolute Gasteiger partial charge is 0.305 e. The molecule has 2 rings (SSSR count). The summed E-state index contributed by atoms with van der Waals surface area (Å²) in [5.41, 5.74) is 8.26. The van der Waals surface area contributed by atoms with Gasteiger partial charge in [-0.1, -0.05) is 6.07 Å². The Bertz CT molecular complexity index is 613. The average Bonchev–Trinajstić information content (AvgIpc) is 2.82. The molecule has 0 unspecified atom stereocenters. The number of methoxy groups -OCH3 is 1. The van der Waals surface area contributed by atoms with E-state index in [4.69, 9.17) is 5.73 Å². The first-order valence-electron chi connectivity index (χ1n) is 6.34. The number of nitrogen functional groups attached to an aromatic ring is 1. The molecule has 110 valence electrons. The number of rotatable bonds is 5. The van der Waals surface area contributed by atoms with Gasteiger partial charge in [0.25, 0.3) is 0 Å². The van der Waals surface area contributed by atoms with Crippen molar-refractivity contribution in [1.82, 2.24) is 4.31 Å². The van der Waals surface area contributed by atoms with Gasteiger partial charge in [0.1, 0.15) is 0 Å². The first-order chi connectivity index (χ1) is 9.42. The van der Waals surface area contributed by atoms with E-state index in [0.29, 0.717) is 18.8 Å². The van der Waals surface area contributed by atoms with Crippen LogP contribution in [0.15, 0.2) is 18.2 Å². The summed E-state index contributed by atoms with van der Waals surface area (Å²) in [6, 6.07) is 5.43. The van der Waals surface area contributed by atoms with E-state index in [0.717, 1.165) is 11.1 Å². The number of anilines is 1. The van der Waals surface area contributed by atoms with E-state index in [1.807, 2.05) is 6.07 Å². The molecule has 0 radical (unpaired) electrons. The second-order valence-corrected chi connectivity index (χ2v) is 6.88. The molecular weight excluding hydrogens is 280 g/mol. The van der Waals surface area contributed by atoms with Gasteiger partial charge in [0, 0.05) is 25.2 Å². The number of hydrogen-bond acceptors (Lipinski definition) is 5. The summed E-state index contributed by atoms with van der Waals surface area (Å²) < 4.78 is 30.3. The van der Waals surface area contributed by atoms with Crippen molar-refractivity contribution in [1.29, 1.82) is 0 Å². The summed E-state index contributed by atoms with van der Waals surface area (Å²) >= 11 is 0. The van der Waals surface area contributed by atoms with Gasteiger partial charge in [-0.3, -0.25) is 4.79 Å². The molecule has 7 heteroatoms. The zero-order chi connectivity index (χ0) is 14.8. The molecule has 0 amide bonds. The van der Waals surface area contributed by atoms with Crippen LogP contribution in [-0.4, -0.2) is 31.6 Å². The Morgan fingerprint density at radius 2 is 2.05 bits per heavy atom. The molecule has 1 aliphatic rings. The van der Waals surface area contributed by atoms with Crippen LogP contribution in [0.5, 0.6) is 0 Å². The zero-order valence-electron chi connectivity index (χ0n) is 11.3. The summed E-state index contributed by atoms with van der Waals surface area (Å²) in [7, 11) is -2.07. The highest BCUT2D eigenvalue weighted by Crippen LogP contribution is 2.27. The third-order valence-electron chi connectivity index (χ3n) is 3.33. The summed E-state index contributed by atoms with van der Waals surface area (Å²) in [6.45, 7) is 0.719. The Morgan fingerprint density at radius 3 is 2.75 bits per heavy atom. The molecule has 2 N–H and O–H groups in total. The average molecular weight is 298 g/mol. The van der Waals surface area contributed by atoms with Crippen LogP contribution >= 0.6 is 0 Å². The van der Waals surface area contributed by atoms with Gasteiger partial charge in [0.2, 0.25) is 10.0 Å². The number of hydrogen-bond donors (Lipinski definition) is 1. The van der Waals surface area contributed by atoms with E-state index >= 15 is 0 Å². The predicted octanol–water partition coefficient (Wildman–Crippen LogP) is 0.867. The van der Waals surface area contributed by atoms with Gasteiger partial charge in [0.15, 0.2) is 0 Å². The third-order valence-corrected chi connectivity index (χ3v) is 5.18. The number of ether oxygens (including phenoxy) is 1. The minimum absolute atomic E-state index is 0.0500. The van der Waals surface area contributed by atoms with Crippen LogP contribution in [0.3, 0.4) is 0 Å². The molecule has 1 heterocycles. The molecule has 0 bridgehead atoms. The lowest BCUT2D eigenvalue weighted by atomic mass is 10.1. The van der Waals surface area contributed by atoms with E-state index in [1.54, 1.807) is 12.1 Å².